The van der Waals surface area contributed by atoms with Crippen molar-refractivity contribution in [3.05, 3.63) is 0 Å². The highest BCUT2D eigenvalue weighted by Crippen LogP contribution is 2.05. The Balaban J connectivity index is 4.23. The van der Waals surface area contributed by atoms with Crippen molar-refractivity contribution >= 4 is 15.9 Å². The molecule has 0 saturated carbocycles. The molecule has 0 aromatic rings. The van der Waals surface area contributed by atoms with Gasteiger partial charge in [-0.15, -0.1) is 0 Å². The number of hydrogen-bond acceptors (Lipinski definition) is 5. The van der Waals surface area contributed by atoms with Crippen LogP contribution in [0.2, 0.25) is 0 Å². The van der Waals surface area contributed by atoms with Crippen LogP contribution < -0.4 is 10.0 Å². The maximum atomic E-state index is 11.8. The van der Waals surface area contributed by atoms with E-state index in [-0.39, 0.29) is 38.2 Å². The maximum absolute atomic E-state index is 11.8. The van der Waals surface area contributed by atoms with Crippen molar-refractivity contribution in [3.8, 4) is 0 Å². The topological polar surface area (TPSA) is 105 Å². The average Bonchev–Trinajstić information content (AvgIpc) is 2.25. The van der Waals surface area contributed by atoms with Crippen LogP contribution in [-0.4, -0.2) is 58.1 Å². The van der Waals surface area contributed by atoms with Crippen LogP contribution in [0.25, 0.3) is 0 Å². The summed E-state index contributed by atoms with van der Waals surface area (Å²) in [6.45, 7) is 4.52. The first kappa shape index (κ1) is 18.3. The molecule has 1 atom stereocenters. The fourth-order valence-electron chi connectivity index (χ4n) is 1.47. The molecule has 0 fully saturated rings. The Morgan fingerprint density at radius 3 is 2.42 bits per heavy atom. The standard InChI is InChI=1S/C11H24N2O5S/c1-9(2)8-10(13-19(3,16)17)11(15)12-4-6-18-7-5-14/h9-10,13-14H,4-8H2,1-3H3,(H,12,15). The number of carbonyl (C=O) groups excluding carboxylic acids is 1. The van der Waals surface area contributed by atoms with Crippen LogP contribution in [0, 0.1) is 5.92 Å². The van der Waals surface area contributed by atoms with Crippen LogP contribution >= 0.6 is 0 Å². The second kappa shape index (κ2) is 9.24. The molecule has 3 N–H and O–H groups in total. The fourth-order valence-corrected chi connectivity index (χ4v) is 2.19. The monoisotopic (exact) mass is 296 g/mol. The largest absolute Gasteiger partial charge is 0.394 e. The molecule has 1 amide bonds. The molecule has 0 aliphatic carbocycles. The van der Waals surface area contributed by atoms with Gasteiger partial charge >= 0.3 is 0 Å². The minimum atomic E-state index is -3.43. The summed E-state index contributed by atoms with van der Waals surface area (Å²) in [5.41, 5.74) is 0. The van der Waals surface area contributed by atoms with Crippen LogP contribution in [0.1, 0.15) is 20.3 Å². The summed E-state index contributed by atoms with van der Waals surface area (Å²) in [6.07, 6.45) is 1.45. The summed E-state index contributed by atoms with van der Waals surface area (Å²) in [5, 5.41) is 11.1. The third-order valence-electron chi connectivity index (χ3n) is 2.16. The predicted octanol–water partition coefficient (Wildman–Crippen LogP) is -0.925. The van der Waals surface area contributed by atoms with Gasteiger partial charge in [0, 0.05) is 6.54 Å². The number of ether oxygens (including phenoxy) is 1. The van der Waals surface area contributed by atoms with Gasteiger partial charge in [0.2, 0.25) is 15.9 Å². The van der Waals surface area contributed by atoms with E-state index in [1.165, 1.54) is 0 Å². The van der Waals surface area contributed by atoms with Gasteiger partial charge in [-0.3, -0.25) is 4.79 Å². The second-order valence-corrected chi connectivity index (χ2v) is 6.48. The van der Waals surface area contributed by atoms with Gasteiger partial charge in [0.05, 0.1) is 26.1 Å². The highest BCUT2D eigenvalue weighted by Gasteiger charge is 2.22. The molecule has 1 unspecified atom stereocenters. The number of hydrogen-bond donors (Lipinski definition) is 3. The number of amides is 1. The molecule has 0 aromatic heterocycles. The molecule has 0 spiro atoms. The molecule has 0 aliphatic rings. The second-order valence-electron chi connectivity index (χ2n) is 4.70. The molecule has 0 rings (SSSR count). The summed E-state index contributed by atoms with van der Waals surface area (Å²) in [7, 11) is -3.43. The van der Waals surface area contributed by atoms with Crippen LogP contribution in [0.15, 0.2) is 0 Å². The fraction of sp³-hybridized carbons (Fsp3) is 0.909. The maximum Gasteiger partial charge on any atom is 0.238 e. The zero-order chi connectivity index (χ0) is 14.9. The summed E-state index contributed by atoms with van der Waals surface area (Å²) < 4.78 is 29.7. The average molecular weight is 296 g/mol. The van der Waals surface area contributed by atoms with Gasteiger partial charge in [-0.1, -0.05) is 13.8 Å². The molecule has 114 valence electrons. The first-order chi connectivity index (χ1) is 8.76. The number of carbonyl (C=O) groups is 1. The molecule has 19 heavy (non-hydrogen) atoms. The molecule has 0 saturated heterocycles. The number of sulfonamides is 1. The number of aliphatic hydroxyl groups excluding tert-OH is 1. The number of nitrogens with one attached hydrogen (secondary N) is 2. The van der Waals surface area contributed by atoms with Crippen molar-refractivity contribution in [2.45, 2.75) is 26.3 Å². The van der Waals surface area contributed by atoms with Crippen LogP contribution in [0.4, 0.5) is 0 Å². The lowest BCUT2D eigenvalue weighted by Gasteiger charge is -2.19. The molecule has 0 radical (unpaired) electrons. The van der Waals surface area contributed by atoms with Crippen molar-refractivity contribution in [2.75, 3.05) is 32.6 Å². The van der Waals surface area contributed by atoms with Gasteiger partial charge in [-0.2, -0.15) is 0 Å². The number of aliphatic hydroxyl groups is 1. The van der Waals surface area contributed by atoms with E-state index in [0.29, 0.717) is 6.42 Å². The first-order valence-corrected chi connectivity index (χ1v) is 8.09. The molecule has 0 bridgehead atoms. The minimum Gasteiger partial charge on any atom is -0.394 e. The molecule has 0 heterocycles. The normalized spacial score (nSPS) is 13.5. The zero-order valence-corrected chi connectivity index (χ0v) is 12.5. The lowest BCUT2D eigenvalue weighted by molar-refractivity contribution is -0.123. The Morgan fingerprint density at radius 2 is 1.95 bits per heavy atom. The van der Waals surface area contributed by atoms with Crippen molar-refractivity contribution in [1.29, 1.82) is 0 Å². The molecule has 7 nitrogen and oxygen atoms in total. The van der Waals surface area contributed by atoms with E-state index in [1.54, 1.807) is 0 Å². The molecule has 0 aliphatic heterocycles. The quantitative estimate of drug-likeness (QED) is 0.452. The summed E-state index contributed by atoms with van der Waals surface area (Å²) >= 11 is 0. The lowest BCUT2D eigenvalue weighted by Crippen LogP contribution is -2.47. The Bertz CT molecular complexity index is 356. The summed E-state index contributed by atoms with van der Waals surface area (Å²) in [4.78, 5) is 11.8. The van der Waals surface area contributed by atoms with Crippen molar-refractivity contribution in [3.63, 3.8) is 0 Å². The highest BCUT2D eigenvalue weighted by atomic mass is 32.2. The van der Waals surface area contributed by atoms with Gasteiger partial charge < -0.3 is 15.2 Å². The van der Waals surface area contributed by atoms with Gasteiger partial charge in [0.25, 0.3) is 0 Å². The van der Waals surface area contributed by atoms with E-state index in [2.05, 4.69) is 10.0 Å². The summed E-state index contributed by atoms with van der Waals surface area (Å²) in [6, 6.07) is -0.771. The van der Waals surface area contributed by atoms with E-state index in [1.807, 2.05) is 13.8 Å². The minimum absolute atomic E-state index is 0.0699. The summed E-state index contributed by atoms with van der Waals surface area (Å²) in [5.74, 6) is -0.178. The van der Waals surface area contributed by atoms with Crippen molar-refractivity contribution in [1.82, 2.24) is 10.0 Å². The zero-order valence-electron chi connectivity index (χ0n) is 11.7. The lowest BCUT2D eigenvalue weighted by atomic mass is 10.0. The molecule has 0 aromatic carbocycles. The van der Waals surface area contributed by atoms with E-state index in [0.717, 1.165) is 6.26 Å². The van der Waals surface area contributed by atoms with E-state index in [9.17, 15) is 13.2 Å². The van der Waals surface area contributed by atoms with Crippen LogP contribution in [0.5, 0.6) is 0 Å². The third kappa shape index (κ3) is 10.9. The van der Waals surface area contributed by atoms with E-state index < -0.39 is 16.1 Å². The van der Waals surface area contributed by atoms with Gasteiger partial charge in [-0.05, 0) is 12.3 Å². The first-order valence-electron chi connectivity index (χ1n) is 6.20. The number of rotatable bonds is 10. The van der Waals surface area contributed by atoms with Crippen molar-refractivity contribution in [2.24, 2.45) is 5.92 Å². The Hall–Kier alpha value is -0.700. The van der Waals surface area contributed by atoms with Crippen LogP contribution in [-0.2, 0) is 19.6 Å². The van der Waals surface area contributed by atoms with E-state index >= 15 is 0 Å². The third-order valence-corrected chi connectivity index (χ3v) is 2.87. The Morgan fingerprint density at radius 1 is 1.32 bits per heavy atom. The SMILES string of the molecule is CC(C)CC(NS(C)(=O)=O)C(=O)NCCOCCO. The van der Waals surface area contributed by atoms with E-state index in [4.69, 9.17) is 9.84 Å². The smallest absolute Gasteiger partial charge is 0.238 e. The van der Waals surface area contributed by atoms with Gasteiger partial charge in [-0.25, -0.2) is 13.1 Å². The Kier molecular flexibility index (Phi) is 8.90. The highest BCUT2D eigenvalue weighted by molar-refractivity contribution is 7.88. The Labute approximate surface area is 114 Å². The molecular weight excluding hydrogens is 272 g/mol. The van der Waals surface area contributed by atoms with Gasteiger partial charge in [0.1, 0.15) is 6.04 Å². The molecule has 8 heteroatoms. The van der Waals surface area contributed by atoms with Crippen molar-refractivity contribution < 1.29 is 23.1 Å². The van der Waals surface area contributed by atoms with Gasteiger partial charge in [0.15, 0.2) is 0 Å². The predicted molar refractivity (Wildman–Crippen MR) is 72.1 cm³/mol. The molecular formula is C11H24N2O5S. The van der Waals surface area contributed by atoms with Crippen LogP contribution in [0.3, 0.4) is 0 Å².